The number of hydrogen-bond acceptors (Lipinski definition) is 1. The molecule has 2 nitrogen and oxygen atoms in total. The molecule has 1 aromatic carbocycles. The van der Waals surface area contributed by atoms with Gasteiger partial charge in [-0.1, -0.05) is 97.3 Å². The fraction of sp³-hybridized carbons (Fsp3) is 0.714. The van der Waals surface area contributed by atoms with Gasteiger partial charge in [-0.15, -0.1) is 0 Å². The smallest absolute Gasteiger partial charge is 0.0372 e. The summed E-state index contributed by atoms with van der Waals surface area (Å²) in [6, 6.07) is 8.53. The van der Waals surface area contributed by atoms with Crippen LogP contribution in [-0.2, 0) is 6.42 Å². The fourth-order valence-corrected chi connectivity index (χ4v) is 2.41. The van der Waals surface area contributed by atoms with Crippen molar-refractivity contribution < 1.29 is 5.48 Å². The number of hydrogen-bond donors (Lipinski definition) is 1. The Hall–Kier alpha value is -1.02. The van der Waals surface area contributed by atoms with Gasteiger partial charge in [-0.2, -0.15) is 0 Å². The predicted octanol–water partition coefficient (Wildman–Crippen LogP) is 6.39. The van der Waals surface area contributed by atoms with Crippen LogP contribution in [0.3, 0.4) is 0 Å². The summed E-state index contributed by atoms with van der Waals surface area (Å²) in [7, 11) is 0. The zero-order chi connectivity index (χ0) is 16.5. The van der Waals surface area contributed by atoms with Crippen LogP contribution >= 0.6 is 0 Å². The standard InChI is InChI=1S/C9H11N.2C6H14.H2O/c1-2-6-9-8(4-1)5-3-7-10-9;2*1-3-5-6-4-2;/h1-2,4,6,10H,3,5,7H2;2*3-6H2,1-2H3;1H2. The van der Waals surface area contributed by atoms with Crippen molar-refractivity contribution in [1.29, 1.82) is 0 Å². The Balaban J connectivity index is 0. The van der Waals surface area contributed by atoms with Crippen LogP contribution < -0.4 is 5.32 Å². The maximum absolute atomic E-state index is 3.36. The van der Waals surface area contributed by atoms with Gasteiger partial charge in [0.1, 0.15) is 0 Å². The Kier molecular flexibility index (Phi) is 20.0. The van der Waals surface area contributed by atoms with Gasteiger partial charge in [0.05, 0.1) is 0 Å². The highest BCUT2D eigenvalue weighted by atomic mass is 16.0. The van der Waals surface area contributed by atoms with E-state index in [1.54, 1.807) is 0 Å². The number of fused-ring (bicyclic) bond motifs is 1. The Labute approximate surface area is 145 Å². The molecular formula is C21H41NO. The lowest BCUT2D eigenvalue weighted by molar-refractivity contribution is 0.702. The summed E-state index contributed by atoms with van der Waals surface area (Å²) in [6.45, 7) is 10.1. The summed E-state index contributed by atoms with van der Waals surface area (Å²) in [6.07, 6.45) is 13.6. The molecule has 0 saturated heterocycles. The monoisotopic (exact) mass is 323 g/mol. The highest BCUT2D eigenvalue weighted by Gasteiger charge is 2.04. The molecule has 0 atom stereocenters. The minimum absolute atomic E-state index is 0. The van der Waals surface area contributed by atoms with Gasteiger partial charge in [0.15, 0.2) is 0 Å². The van der Waals surface area contributed by atoms with E-state index in [1.165, 1.54) is 75.5 Å². The molecule has 0 radical (unpaired) electrons. The van der Waals surface area contributed by atoms with Crippen LogP contribution in [0.4, 0.5) is 5.69 Å². The average molecular weight is 324 g/mol. The molecule has 0 fully saturated rings. The van der Waals surface area contributed by atoms with Crippen molar-refractivity contribution in [3.8, 4) is 0 Å². The zero-order valence-corrected chi connectivity index (χ0v) is 16.1. The molecule has 1 aliphatic rings. The quantitative estimate of drug-likeness (QED) is 0.605. The zero-order valence-electron chi connectivity index (χ0n) is 16.1. The summed E-state index contributed by atoms with van der Waals surface area (Å²) >= 11 is 0. The van der Waals surface area contributed by atoms with E-state index in [-0.39, 0.29) is 5.48 Å². The molecule has 23 heavy (non-hydrogen) atoms. The van der Waals surface area contributed by atoms with Crippen molar-refractivity contribution in [3.63, 3.8) is 0 Å². The van der Waals surface area contributed by atoms with Crippen LogP contribution in [0, 0.1) is 0 Å². The largest absolute Gasteiger partial charge is 0.412 e. The van der Waals surface area contributed by atoms with Crippen LogP contribution in [0.5, 0.6) is 0 Å². The number of nitrogens with one attached hydrogen (secondary N) is 1. The first-order valence-electron chi connectivity index (χ1n) is 9.61. The van der Waals surface area contributed by atoms with Crippen LogP contribution in [-0.4, -0.2) is 12.0 Å². The van der Waals surface area contributed by atoms with Gasteiger partial charge in [-0.05, 0) is 24.5 Å². The molecule has 0 saturated carbocycles. The Morgan fingerprint density at radius 3 is 1.70 bits per heavy atom. The second-order valence-electron chi connectivity index (χ2n) is 6.10. The fourth-order valence-electron chi connectivity index (χ4n) is 2.41. The van der Waals surface area contributed by atoms with E-state index in [4.69, 9.17) is 0 Å². The number of anilines is 1. The SMILES string of the molecule is CCCCCC.CCCCCC.O.c1ccc2c(c1)CCCN2. The summed E-state index contributed by atoms with van der Waals surface area (Å²) < 4.78 is 0. The molecule has 0 aliphatic carbocycles. The van der Waals surface area contributed by atoms with Crippen LogP contribution in [0.2, 0.25) is 0 Å². The lowest BCUT2D eigenvalue weighted by atomic mass is 10.0. The van der Waals surface area contributed by atoms with Crippen molar-refractivity contribution in [2.75, 3.05) is 11.9 Å². The summed E-state index contributed by atoms with van der Waals surface area (Å²) in [5, 5.41) is 3.36. The van der Waals surface area contributed by atoms with Gasteiger partial charge in [0.25, 0.3) is 0 Å². The Morgan fingerprint density at radius 1 is 0.783 bits per heavy atom. The molecule has 0 aromatic heterocycles. The van der Waals surface area contributed by atoms with Gasteiger partial charge in [-0.25, -0.2) is 0 Å². The summed E-state index contributed by atoms with van der Waals surface area (Å²) in [4.78, 5) is 0. The highest BCUT2D eigenvalue weighted by molar-refractivity contribution is 5.52. The molecule has 2 rings (SSSR count). The van der Waals surface area contributed by atoms with E-state index in [0.717, 1.165) is 6.54 Å². The molecule has 0 bridgehead atoms. The van der Waals surface area contributed by atoms with Gasteiger partial charge < -0.3 is 10.8 Å². The van der Waals surface area contributed by atoms with E-state index < -0.39 is 0 Å². The predicted molar refractivity (Wildman–Crippen MR) is 106 cm³/mol. The number of para-hydroxylation sites is 1. The average Bonchev–Trinajstić information content (AvgIpc) is 2.59. The molecule has 1 heterocycles. The van der Waals surface area contributed by atoms with Crippen molar-refractivity contribution in [2.24, 2.45) is 0 Å². The minimum atomic E-state index is 0. The van der Waals surface area contributed by atoms with Crippen molar-refractivity contribution in [1.82, 2.24) is 0 Å². The van der Waals surface area contributed by atoms with Gasteiger partial charge in [0.2, 0.25) is 0 Å². The molecule has 0 spiro atoms. The number of benzene rings is 1. The summed E-state index contributed by atoms with van der Waals surface area (Å²) in [5.74, 6) is 0. The number of rotatable bonds is 6. The highest BCUT2D eigenvalue weighted by Crippen LogP contribution is 2.20. The van der Waals surface area contributed by atoms with E-state index in [9.17, 15) is 0 Å². The molecule has 1 aliphatic heterocycles. The number of unbranched alkanes of at least 4 members (excludes halogenated alkanes) is 6. The van der Waals surface area contributed by atoms with Gasteiger partial charge >= 0.3 is 0 Å². The summed E-state index contributed by atoms with van der Waals surface area (Å²) in [5.41, 5.74) is 2.79. The molecule has 0 amide bonds. The second kappa shape index (κ2) is 19.0. The first-order valence-corrected chi connectivity index (χ1v) is 9.61. The number of aryl methyl sites for hydroxylation is 1. The maximum atomic E-state index is 3.36. The maximum Gasteiger partial charge on any atom is 0.0372 e. The normalized spacial score (nSPS) is 11.5. The molecule has 3 N–H and O–H groups in total. The van der Waals surface area contributed by atoms with Crippen LogP contribution in [0.1, 0.15) is 91.0 Å². The molecule has 2 heteroatoms. The van der Waals surface area contributed by atoms with E-state index in [2.05, 4.69) is 57.3 Å². The third kappa shape index (κ3) is 14.3. The Morgan fingerprint density at radius 2 is 1.26 bits per heavy atom. The minimum Gasteiger partial charge on any atom is -0.412 e. The van der Waals surface area contributed by atoms with E-state index in [1.807, 2.05) is 0 Å². The van der Waals surface area contributed by atoms with E-state index >= 15 is 0 Å². The molecule has 0 unspecified atom stereocenters. The Bertz CT molecular complexity index is 297. The van der Waals surface area contributed by atoms with Crippen LogP contribution in [0.25, 0.3) is 0 Å². The van der Waals surface area contributed by atoms with Crippen molar-refractivity contribution >= 4 is 5.69 Å². The van der Waals surface area contributed by atoms with E-state index in [0.29, 0.717) is 0 Å². The van der Waals surface area contributed by atoms with Gasteiger partial charge in [-0.3, -0.25) is 0 Å². The topological polar surface area (TPSA) is 43.5 Å². The lowest BCUT2D eigenvalue weighted by Crippen LogP contribution is -2.10. The van der Waals surface area contributed by atoms with Crippen molar-refractivity contribution in [3.05, 3.63) is 29.8 Å². The molecular weight excluding hydrogens is 282 g/mol. The third-order valence-corrected chi connectivity index (χ3v) is 3.87. The first kappa shape index (κ1) is 24.2. The lowest BCUT2D eigenvalue weighted by Gasteiger charge is -2.16. The third-order valence-electron chi connectivity index (χ3n) is 3.87. The molecule has 136 valence electrons. The molecule has 1 aromatic rings. The van der Waals surface area contributed by atoms with Crippen molar-refractivity contribution in [2.45, 2.75) is 91.9 Å². The van der Waals surface area contributed by atoms with Crippen LogP contribution in [0.15, 0.2) is 24.3 Å². The van der Waals surface area contributed by atoms with Gasteiger partial charge in [0, 0.05) is 12.2 Å². The second-order valence-corrected chi connectivity index (χ2v) is 6.10. The first-order chi connectivity index (χ1) is 10.8.